The largest absolute Gasteiger partial charge is 0.283 e. The monoisotopic (exact) mass is 160 g/mol. The van der Waals surface area contributed by atoms with Crippen LogP contribution >= 0.6 is 0 Å². The molecule has 0 fully saturated rings. The fourth-order valence-electron chi connectivity index (χ4n) is 0.784. The third kappa shape index (κ3) is 1.04. The van der Waals surface area contributed by atoms with Gasteiger partial charge in [-0.15, -0.1) is 0 Å². The summed E-state index contributed by atoms with van der Waals surface area (Å²) in [5, 5.41) is 22.7. The third-order valence-corrected chi connectivity index (χ3v) is 1.39. The van der Waals surface area contributed by atoms with Crippen LogP contribution in [-0.4, -0.2) is 10.2 Å². The highest BCUT2D eigenvalue weighted by molar-refractivity contribution is 5.45. The molecule has 1 aromatic heterocycles. The average Bonchev–Trinajstić information content (AvgIpc) is 2.08. The molecule has 0 aliphatic heterocycles. The van der Waals surface area contributed by atoms with Crippen molar-refractivity contribution in [1.82, 2.24) is 10.2 Å². The van der Waals surface area contributed by atoms with Crippen LogP contribution in [0, 0.1) is 29.6 Å². The van der Waals surface area contributed by atoms with Gasteiger partial charge in [-0.3, -0.25) is 4.79 Å². The number of aromatic amines is 1. The lowest BCUT2D eigenvalue weighted by Gasteiger charge is -1.94. The van der Waals surface area contributed by atoms with Crippen LogP contribution in [-0.2, 0) is 0 Å². The van der Waals surface area contributed by atoms with Gasteiger partial charge in [-0.1, -0.05) is 0 Å². The van der Waals surface area contributed by atoms with Gasteiger partial charge in [-0.25, -0.2) is 5.10 Å². The van der Waals surface area contributed by atoms with Crippen LogP contribution in [0.2, 0.25) is 0 Å². The van der Waals surface area contributed by atoms with Crippen LogP contribution in [0.3, 0.4) is 0 Å². The number of H-pyrrole nitrogens is 1. The average molecular weight is 160 g/mol. The van der Waals surface area contributed by atoms with Gasteiger partial charge < -0.3 is 0 Å². The van der Waals surface area contributed by atoms with Crippen molar-refractivity contribution in [2.24, 2.45) is 0 Å². The lowest BCUT2D eigenvalue weighted by Crippen LogP contribution is -2.15. The van der Waals surface area contributed by atoms with E-state index >= 15 is 0 Å². The normalized spacial score (nSPS) is 8.58. The molecule has 0 aromatic carbocycles. The number of rotatable bonds is 0. The molecule has 0 unspecified atom stereocenters. The minimum Gasteiger partial charge on any atom is -0.266 e. The first kappa shape index (κ1) is 7.96. The fourth-order valence-corrected chi connectivity index (χ4v) is 0.784. The van der Waals surface area contributed by atoms with E-state index in [-0.39, 0.29) is 11.1 Å². The smallest absolute Gasteiger partial charge is 0.266 e. The molecule has 0 saturated heterocycles. The van der Waals surface area contributed by atoms with E-state index in [9.17, 15) is 4.79 Å². The van der Waals surface area contributed by atoms with Gasteiger partial charge in [-0.05, 0) is 6.92 Å². The summed E-state index contributed by atoms with van der Waals surface area (Å²) < 4.78 is 0. The zero-order valence-electron chi connectivity index (χ0n) is 6.25. The predicted octanol–water partition coefficient (Wildman–Crippen LogP) is -0.178. The summed E-state index contributed by atoms with van der Waals surface area (Å²) in [6.45, 7) is 1.55. The van der Waals surface area contributed by atoms with Gasteiger partial charge in [0.1, 0.15) is 17.7 Å². The van der Waals surface area contributed by atoms with Crippen LogP contribution in [0.4, 0.5) is 0 Å². The Balaban J connectivity index is 3.67. The maximum absolute atomic E-state index is 10.9. The molecule has 0 spiro atoms. The van der Waals surface area contributed by atoms with E-state index in [0.29, 0.717) is 5.69 Å². The number of nitrogens with zero attached hydrogens (tertiary/aromatic N) is 3. The molecule has 1 rings (SSSR count). The Hall–Kier alpha value is -2.14. The molecule has 0 radical (unpaired) electrons. The third-order valence-electron chi connectivity index (χ3n) is 1.39. The first-order chi connectivity index (χ1) is 5.70. The number of nitriles is 2. The van der Waals surface area contributed by atoms with Gasteiger partial charge in [0.15, 0.2) is 0 Å². The quantitative estimate of drug-likeness (QED) is 0.569. The van der Waals surface area contributed by atoms with Crippen molar-refractivity contribution in [1.29, 1.82) is 10.5 Å². The predicted molar refractivity (Wildman–Crippen MR) is 39.0 cm³/mol. The summed E-state index contributed by atoms with van der Waals surface area (Å²) in [4.78, 5) is 10.9. The topological polar surface area (TPSA) is 93.3 Å². The van der Waals surface area contributed by atoms with Crippen molar-refractivity contribution in [3.63, 3.8) is 0 Å². The van der Waals surface area contributed by atoms with Gasteiger partial charge in [0.05, 0.1) is 11.3 Å². The maximum atomic E-state index is 10.9. The Morgan fingerprint density at radius 3 is 2.33 bits per heavy atom. The van der Waals surface area contributed by atoms with Crippen LogP contribution < -0.4 is 5.56 Å². The highest BCUT2D eigenvalue weighted by atomic mass is 16.1. The fraction of sp³-hybridized carbons (Fsp3) is 0.143. The molecule has 0 saturated carbocycles. The molecule has 0 bridgehead atoms. The van der Waals surface area contributed by atoms with Gasteiger partial charge in [0, 0.05) is 0 Å². The molecule has 0 aliphatic carbocycles. The highest BCUT2D eigenvalue weighted by Crippen LogP contribution is 2.02. The standard InChI is InChI=1S/C7H4N4O/c1-4-5(2-8)6(3-9)7(12)11-10-4/h1H3,(H,11,12). The SMILES string of the molecule is Cc1n[nH]c(=O)c(C#N)c1C#N. The molecule has 1 heterocycles. The maximum Gasteiger partial charge on any atom is 0.283 e. The summed E-state index contributed by atoms with van der Waals surface area (Å²) in [6.07, 6.45) is 0. The van der Waals surface area contributed by atoms with E-state index < -0.39 is 5.56 Å². The van der Waals surface area contributed by atoms with E-state index in [1.807, 2.05) is 0 Å². The Morgan fingerprint density at radius 2 is 1.92 bits per heavy atom. The van der Waals surface area contributed by atoms with Crippen molar-refractivity contribution in [2.45, 2.75) is 6.92 Å². The second-order valence-electron chi connectivity index (χ2n) is 2.11. The summed E-state index contributed by atoms with van der Waals surface area (Å²) in [6, 6.07) is 3.40. The molecule has 0 aliphatic rings. The van der Waals surface area contributed by atoms with Crippen molar-refractivity contribution in [2.75, 3.05) is 0 Å². The summed E-state index contributed by atoms with van der Waals surface area (Å²) >= 11 is 0. The zero-order chi connectivity index (χ0) is 9.14. The van der Waals surface area contributed by atoms with E-state index in [4.69, 9.17) is 10.5 Å². The minimum atomic E-state index is -0.625. The van der Waals surface area contributed by atoms with Crippen molar-refractivity contribution >= 4 is 0 Å². The van der Waals surface area contributed by atoms with Crippen molar-refractivity contribution in [3.05, 3.63) is 27.2 Å². The second-order valence-corrected chi connectivity index (χ2v) is 2.11. The number of hydrogen-bond acceptors (Lipinski definition) is 4. The van der Waals surface area contributed by atoms with E-state index in [2.05, 4.69) is 10.2 Å². The number of aryl methyl sites for hydroxylation is 1. The van der Waals surface area contributed by atoms with E-state index in [1.54, 1.807) is 19.1 Å². The lowest BCUT2D eigenvalue weighted by atomic mass is 10.1. The molecule has 58 valence electrons. The van der Waals surface area contributed by atoms with E-state index in [0.717, 1.165) is 0 Å². The molecule has 5 heteroatoms. The van der Waals surface area contributed by atoms with E-state index in [1.165, 1.54) is 0 Å². The van der Waals surface area contributed by atoms with Crippen LogP contribution in [0.15, 0.2) is 4.79 Å². The van der Waals surface area contributed by atoms with Crippen LogP contribution in [0.1, 0.15) is 16.8 Å². The zero-order valence-corrected chi connectivity index (χ0v) is 6.25. The van der Waals surface area contributed by atoms with Crippen molar-refractivity contribution < 1.29 is 0 Å². The first-order valence-electron chi connectivity index (χ1n) is 3.10. The molecule has 0 atom stereocenters. The Bertz CT molecular complexity index is 446. The highest BCUT2D eigenvalue weighted by Gasteiger charge is 2.09. The Labute approximate surface area is 67.9 Å². The molecular weight excluding hydrogens is 156 g/mol. The number of aromatic nitrogens is 2. The molecule has 12 heavy (non-hydrogen) atoms. The van der Waals surface area contributed by atoms with Gasteiger partial charge in [0.2, 0.25) is 0 Å². The number of nitrogens with one attached hydrogen (secondary N) is 1. The van der Waals surface area contributed by atoms with Gasteiger partial charge >= 0.3 is 0 Å². The summed E-state index contributed by atoms with van der Waals surface area (Å²) in [7, 11) is 0. The van der Waals surface area contributed by atoms with Gasteiger partial charge in [0.25, 0.3) is 5.56 Å². The summed E-state index contributed by atoms with van der Waals surface area (Å²) in [5.74, 6) is 0. The molecular formula is C7H4N4O. The molecule has 1 N–H and O–H groups in total. The van der Waals surface area contributed by atoms with Crippen LogP contribution in [0.25, 0.3) is 0 Å². The Morgan fingerprint density at radius 1 is 1.33 bits per heavy atom. The molecule has 0 amide bonds. The number of hydrogen-bond donors (Lipinski definition) is 1. The lowest BCUT2D eigenvalue weighted by molar-refractivity contribution is 0.931. The summed E-state index contributed by atoms with van der Waals surface area (Å²) in [5.41, 5.74) is -0.403. The Kier molecular flexibility index (Phi) is 1.89. The first-order valence-corrected chi connectivity index (χ1v) is 3.10. The second kappa shape index (κ2) is 2.85. The minimum absolute atomic E-state index is 0.0428. The van der Waals surface area contributed by atoms with Crippen LogP contribution in [0.5, 0.6) is 0 Å². The van der Waals surface area contributed by atoms with Crippen molar-refractivity contribution in [3.8, 4) is 12.1 Å². The molecule has 5 nitrogen and oxygen atoms in total. The van der Waals surface area contributed by atoms with Gasteiger partial charge in [-0.2, -0.15) is 15.6 Å². The molecule has 1 aromatic rings.